The normalized spacial score (nSPS) is 18.2. The van der Waals surface area contributed by atoms with Crippen molar-refractivity contribution in [1.82, 2.24) is 9.88 Å². The lowest BCUT2D eigenvalue weighted by molar-refractivity contribution is 0.0742. The van der Waals surface area contributed by atoms with E-state index in [1.807, 2.05) is 35.7 Å². The van der Waals surface area contributed by atoms with Crippen molar-refractivity contribution in [2.75, 3.05) is 30.7 Å². The number of carbonyl (C=O) groups excluding carboxylic acids is 1. The average Bonchev–Trinajstić information content (AvgIpc) is 2.37. The fourth-order valence-corrected chi connectivity index (χ4v) is 3.32. The maximum atomic E-state index is 12.5. The van der Waals surface area contributed by atoms with E-state index in [0.29, 0.717) is 5.69 Å². The van der Waals surface area contributed by atoms with Gasteiger partial charge in [0, 0.05) is 42.0 Å². The highest BCUT2D eigenvalue weighted by atomic mass is 32.2. The molecule has 19 heavy (non-hydrogen) atoms. The van der Waals surface area contributed by atoms with Crippen LogP contribution in [0.1, 0.15) is 31.3 Å². The van der Waals surface area contributed by atoms with E-state index in [1.165, 1.54) is 0 Å². The van der Waals surface area contributed by atoms with Crippen molar-refractivity contribution in [3.63, 3.8) is 0 Å². The lowest BCUT2D eigenvalue weighted by atomic mass is 10.1. The number of thioether (sulfide) groups is 1. The van der Waals surface area contributed by atoms with Gasteiger partial charge < -0.3 is 10.2 Å². The van der Waals surface area contributed by atoms with Gasteiger partial charge in [0.15, 0.2) is 0 Å². The predicted octanol–water partition coefficient (Wildman–Crippen LogP) is 2.48. The lowest BCUT2D eigenvalue weighted by Crippen LogP contribution is -2.46. The summed E-state index contributed by atoms with van der Waals surface area (Å²) in [6.45, 7) is 8.82. The first-order valence-corrected chi connectivity index (χ1v) is 7.63. The predicted molar refractivity (Wildman–Crippen MR) is 80.8 cm³/mol. The van der Waals surface area contributed by atoms with E-state index in [2.05, 4.69) is 24.1 Å². The van der Waals surface area contributed by atoms with Crippen LogP contribution < -0.4 is 5.32 Å². The molecule has 1 aromatic rings. The molecule has 0 saturated carbocycles. The molecule has 4 nitrogen and oxygen atoms in total. The highest BCUT2D eigenvalue weighted by molar-refractivity contribution is 8.00. The third-order valence-electron chi connectivity index (χ3n) is 3.07. The third kappa shape index (κ3) is 3.62. The molecule has 1 fully saturated rings. The monoisotopic (exact) mass is 279 g/mol. The molecular weight excluding hydrogens is 258 g/mol. The minimum absolute atomic E-state index is 0.0353. The molecule has 2 rings (SSSR count). The Labute approximate surface area is 119 Å². The first kappa shape index (κ1) is 14.2. The molecule has 1 aliphatic heterocycles. The number of carbonyl (C=O) groups is 1. The van der Waals surface area contributed by atoms with Gasteiger partial charge in [0.2, 0.25) is 0 Å². The molecule has 1 amide bonds. The average molecular weight is 279 g/mol. The van der Waals surface area contributed by atoms with Crippen molar-refractivity contribution in [2.24, 2.45) is 0 Å². The number of amides is 1. The molecule has 104 valence electrons. The van der Waals surface area contributed by atoms with Gasteiger partial charge in [0.05, 0.1) is 0 Å². The molecule has 0 radical (unpaired) electrons. The van der Waals surface area contributed by atoms with Crippen molar-refractivity contribution in [3.8, 4) is 0 Å². The number of rotatable bonds is 3. The summed E-state index contributed by atoms with van der Waals surface area (Å²) < 4.78 is 0.132. The van der Waals surface area contributed by atoms with E-state index < -0.39 is 0 Å². The van der Waals surface area contributed by atoms with E-state index in [9.17, 15) is 4.79 Å². The van der Waals surface area contributed by atoms with Gasteiger partial charge in [-0.1, -0.05) is 0 Å². The van der Waals surface area contributed by atoms with E-state index >= 15 is 0 Å². The summed E-state index contributed by atoms with van der Waals surface area (Å²) >= 11 is 1.92. The summed E-state index contributed by atoms with van der Waals surface area (Å²) in [7, 11) is 0. The van der Waals surface area contributed by atoms with Gasteiger partial charge >= 0.3 is 0 Å². The Balaban J connectivity index is 2.12. The fourth-order valence-electron chi connectivity index (χ4n) is 2.21. The van der Waals surface area contributed by atoms with Crippen molar-refractivity contribution in [2.45, 2.75) is 25.5 Å². The second-order valence-corrected chi connectivity index (χ2v) is 7.10. The Bertz CT molecular complexity index is 462. The quantitative estimate of drug-likeness (QED) is 0.923. The van der Waals surface area contributed by atoms with Crippen molar-refractivity contribution < 1.29 is 4.79 Å². The van der Waals surface area contributed by atoms with Gasteiger partial charge in [-0.25, -0.2) is 0 Å². The zero-order chi connectivity index (χ0) is 13.9. The topological polar surface area (TPSA) is 45.2 Å². The van der Waals surface area contributed by atoms with E-state index in [0.717, 1.165) is 31.1 Å². The Hall–Kier alpha value is -1.23. The van der Waals surface area contributed by atoms with Gasteiger partial charge in [-0.15, -0.1) is 0 Å². The second-order valence-electron chi connectivity index (χ2n) is 5.29. The van der Waals surface area contributed by atoms with Crippen molar-refractivity contribution in [3.05, 3.63) is 24.0 Å². The molecule has 0 aliphatic carbocycles. The molecule has 1 saturated heterocycles. The summed E-state index contributed by atoms with van der Waals surface area (Å²) in [5, 5.41) is 3.21. The Morgan fingerprint density at radius 3 is 3.05 bits per heavy atom. The number of nitrogens with zero attached hydrogens (tertiary/aromatic N) is 2. The van der Waals surface area contributed by atoms with Crippen LogP contribution in [0.2, 0.25) is 0 Å². The molecule has 2 heterocycles. The maximum Gasteiger partial charge on any atom is 0.272 e. The summed E-state index contributed by atoms with van der Waals surface area (Å²) in [4.78, 5) is 18.6. The SMILES string of the molecule is CCNc1ccnc(C(=O)N2CCSC(C)(C)C2)c1. The summed E-state index contributed by atoms with van der Waals surface area (Å²) in [5.74, 6) is 1.03. The lowest BCUT2D eigenvalue weighted by Gasteiger charge is -2.37. The molecule has 0 atom stereocenters. The van der Waals surface area contributed by atoms with Crippen LogP contribution in [-0.2, 0) is 0 Å². The van der Waals surface area contributed by atoms with Crippen LogP contribution in [0.3, 0.4) is 0 Å². The Morgan fingerprint density at radius 1 is 1.58 bits per heavy atom. The third-order valence-corrected chi connectivity index (χ3v) is 4.37. The molecule has 5 heteroatoms. The number of hydrogen-bond acceptors (Lipinski definition) is 4. The molecular formula is C14H21N3OS. The molecule has 1 N–H and O–H groups in total. The van der Waals surface area contributed by atoms with Crippen molar-refractivity contribution in [1.29, 1.82) is 0 Å². The summed E-state index contributed by atoms with van der Waals surface area (Å²) in [6.07, 6.45) is 1.69. The first-order chi connectivity index (χ1) is 9.02. The van der Waals surface area contributed by atoms with Gasteiger partial charge in [-0.2, -0.15) is 11.8 Å². The van der Waals surface area contributed by atoms with Gasteiger partial charge in [-0.05, 0) is 32.9 Å². The number of anilines is 1. The van der Waals surface area contributed by atoms with Crippen LogP contribution >= 0.6 is 11.8 Å². The van der Waals surface area contributed by atoms with Crippen LogP contribution in [0, 0.1) is 0 Å². The highest BCUT2D eigenvalue weighted by Crippen LogP contribution is 2.30. The minimum atomic E-state index is 0.0353. The molecule has 0 spiro atoms. The van der Waals surface area contributed by atoms with Crippen LogP contribution in [0.25, 0.3) is 0 Å². The van der Waals surface area contributed by atoms with E-state index in [1.54, 1.807) is 6.20 Å². The summed E-state index contributed by atoms with van der Waals surface area (Å²) in [5.41, 5.74) is 1.48. The maximum absolute atomic E-state index is 12.5. The standard InChI is InChI=1S/C14H21N3OS/c1-4-15-11-5-6-16-12(9-11)13(18)17-7-8-19-14(2,3)10-17/h5-6,9H,4,7-8,10H2,1-3H3,(H,15,16). The fraction of sp³-hybridized carbons (Fsp3) is 0.571. The number of hydrogen-bond donors (Lipinski definition) is 1. The number of aromatic nitrogens is 1. The van der Waals surface area contributed by atoms with Gasteiger partial charge in [-0.3, -0.25) is 9.78 Å². The zero-order valence-corrected chi connectivity index (χ0v) is 12.6. The van der Waals surface area contributed by atoms with Gasteiger partial charge in [0.1, 0.15) is 5.69 Å². The first-order valence-electron chi connectivity index (χ1n) is 6.65. The number of nitrogens with one attached hydrogen (secondary N) is 1. The van der Waals surface area contributed by atoms with E-state index in [4.69, 9.17) is 0 Å². The van der Waals surface area contributed by atoms with Crippen LogP contribution in [-0.4, -0.2) is 45.9 Å². The molecule has 1 aromatic heterocycles. The molecule has 1 aliphatic rings. The Kier molecular flexibility index (Phi) is 4.34. The smallest absolute Gasteiger partial charge is 0.272 e. The van der Waals surface area contributed by atoms with Crippen LogP contribution in [0.5, 0.6) is 0 Å². The zero-order valence-electron chi connectivity index (χ0n) is 11.8. The van der Waals surface area contributed by atoms with E-state index in [-0.39, 0.29) is 10.7 Å². The molecule has 0 aromatic carbocycles. The van der Waals surface area contributed by atoms with Crippen molar-refractivity contribution >= 4 is 23.4 Å². The van der Waals surface area contributed by atoms with Crippen LogP contribution in [0.15, 0.2) is 18.3 Å². The number of pyridine rings is 1. The van der Waals surface area contributed by atoms with Gasteiger partial charge in [0.25, 0.3) is 5.91 Å². The molecule has 0 bridgehead atoms. The second kappa shape index (κ2) is 5.82. The largest absolute Gasteiger partial charge is 0.385 e. The Morgan fingerprint density at radius 2 is 2.37 bits per heavy atom. The summed E-state index contributed by atoms with van der Waals surface area (Å²) in [6, 6.07) is 3.72. The highest BCUT2D eigenvalue weighted by Gasteiger charge is 2.30. The minimum Gasteiger partial charge on any atom is -0.385 e. The van der Waals surface area contributed by atoms with Crippen LogP contribution in [0.4, 0.5) is 5.69 Å². The molecule has 0 unspecified atom stereocenters.